The van der Waals surface area contributed by atoms with E-state index in [1.807, 2.05) is 17.0 Å². The Morgan fingerprint density at radius 3 is 2.63 bits per heavy atom. The number of aliphatic imine (C=N–C) groups is 1. The Labute approximate surface area is 157 Å². The SMILES string of the molecule is CN=C(NCc1cc2ccccc2[nH]1)N1CCN(C(=O)c2ccco2)CC1. The van der Waals surface area contributed by atoms with E-state index in [0.29, 0.717) is 25.4 Å². The Morgan fingerprint density at radius 2 is 1.93 bits per heavy atom. The molecule has 1 amide bonds. The number of hydrogen-bond donors (Lipinski definition) is 2. The van der Waals surface area contributed by atoms with E-state index in [4.69, 9.17) is 4.42 Å². The van der Waals surface area contributed by atoms with E-state index in [2.05, 4.69) is 38.4 Å². The molecule has 2 N–H and O–H groups in total. The van der Waals surface area contributed by atoms with Gasteiger partial charge in [0.05, 0.1) is 12.8 Å². The number of aromatic nitrogens is 1. The summed E-state index contributed by atoms with van der Waals surface area (Å²) in [7, 11) is 1.79. The zero-order valence-corrected chi connectivity index (χ0v) is 15.3. The van der Waals surface area contributed by atoms with Crippen LogP contribution in [0.3, 0.4) is 0 Å². The number of carbonyl (C=O) groups is 1. The third kappa shape index (κ3) is 3.67. The molecule has 1 saturated heterocycles. The van der Waals surface area contributed by atoms with Crippen molar-refractivity contribution in [2.75, 3.05) is 33.2 Å². The van der Waals surface area contributed by atoms with Gasteiger partial charge < -0.3 is 24.5 Å². The van der Waals surface area contributed by atoms with Crippen molar-refractivity contribution >= 4 is 22.8 Å². The van der Waals surface area contributed by atoms with Crippen LogP contribution in [0, 0.1) is 0 Å². The first-order chi connectivity index (χ1) is 13.2. The van der Waals surface area contributed by atoms with Gasteiger partial charge in [-0.05, 0) is 29.7 Å². The maximum absolute atomic E-state index is 12.4. The molecule has 0 unspecified atom stereocenters. The van der Waals surface area contributed by atoms with Crippen LogP contribution in [0.2, 0.25) is 0 Å². The fourth-order valence-electron chi connectivity index (χ4n) is 3.41. The van der Waals surface area contributed by atoms with Crippen molar-refractivity contribution in [3.05, 3.63) is 60.2 Å². The van der Waals surface area contributed by atoms with E-state index in [0.717, 1.165) is 30.3 Å². The highest BCUT2D eigenvalue weighted by atomic mass is 16.3. The highest BCUT2D eigenvalue weighted by Gasteiger charge is 2.25. The molecule has 140 valence electrons. The van der Waals surface area contributed by atoms with E-state index in [9.17, 15) is 4.79 Å². The molecule has 0 spiro atoms. The van der Waals surface area contributed by atoms with Crippen LogP contribution < -0.4 is 5.32 Å². The van der Waals surface area contributed by atoms with Crippen LogP contribution in [-0.4, -0.2) is 59.9 Å². The molecule has 2 aromatic heterocycles. The fraction of sp³-hybridized carbons (Fsp3) is 0.300. The lowest BCUT2D eigenvalue weighted by Crippen LogP contribution is -2.53. The number of guanidine groups is 1. The van der Waals surface area contributed by atoms with Gasteiger partial charge in [0.1, 0.15) is 0 Å². The molecule has 1 aliphatic rings. The molecular formula is C20H23N5O2. The number of hydrogen-bond acceptors (Lipinski definition) is 3. The van der Waals surface area contributed by atoms with E-state index in [1.165, 1.54) is 11.6 Å². The van der Waals surface area contributed by atoms with Crippen LogP contribution in [-0.2, 0) is 6.54 Å². The number of amides is 1. The fourth-order valence-corrected chi connectivity index (χ4v) is 3.41. The highest BCUT2D eigenvalue weighted by Crippen LogP contribution is 2.14. The maximum Gasteiger partial charge on any atom is 0.289 e. The molecule has 27 heavy (non-hydrogen) atoms. The van der Waals surface area contributed by atoms with Crippen LogP contribution >= 0.6 is 0 Å². The van der Waals surface area contributed by atoms with Gasteiger partial charge in [0.15, 0.2) is 11.7 Å². The van der Waals surface area contributed by atoms with Crippen molar-refractivity contribution in [2.45, 2.75) is 6.54 Å². The second kappa shape index (κ2) is 7.57. The maximum atomic E-state index is 12.4. The lowest BCUT2D eigenvalue weighted by Gasteiger charge is -2.36. The number of benzene rings is 1. The molecule has 1 aromatic carbocycles. The number of nitrogens with one attached hydrogen (secondary N) is 2. The topological polar surface area (TPSA) is 76.9 Å². The van der Waals surface area contributed by atoms with E-state index < -0.39 is 0 Å². The predicted octanol–water partition coefficient (Wildman–Crippen LogP) is 2.29. The molecular weight excluding hydrogens is 342 g/mol. The standard InChI is InChI=1S/C20H23N5O2/c1-21-20(22-14-16-13-15-5-2-3-6-17(15)23-16)25-10-8-24(9-11-25)19(26)18-7-4-12-27-18/h2-7,12-13,23H,8-11,14H2,1H3,(H,21,22). The second-order valence-corrected chi connectivity index (χ2v) is 6.54. The van der Waals surface area contributed by atoms with Gasteiger partial charge in [0.25, 0.3) is 5.91 Å². The van der Waals surface area contributed by atoms with E-state index >= 15 is 0 Å². The van der Waals surface area contributed by atoms with Crippen molar-refractivity contribution in [3.63, 3.8) is 0 Å². The Kier molecular flexibility index (Phi) is 4.82. The molecule has 1 fully saturated rings. The van der Waals surface area contributed by atoms with Gasteiger partial charge in [0.2, 0.25) is 0 Å². The number of rotatable bonds is 3. The van der Waals surface area contributed by atoms with Crippen molar-refractivity contribution in [2.24, 2.45) is 4.99 Å². The molecule has 0 radical (unpaired) electrons. The van der Waals surface area contributed by atoms with E-state index in [-0.39, 0.29) is 5.91 Å². The quantitative estimate of drug-likeness (QED) is 0.552. The second-order valence-electron chi connectivity index (χ2n) is 6.54. The first kappa shape index (κ1) is 17.2. The number of H-pyrrole nitrogens is 1. The van der Waals surface area contributed by atoms with Gasteiger partial charge in [-0.3, -0.25) is 9.79 Å². The van der Waals surface area contributed by atoms with Crippen molar-refractivity contribution < 1.29 is 9.21 Å². The first-order valence-electron chi connectivity index (χ1n) is 9.09. The Morgan fingerprint density at radius 1 is 1.15 bits per heavy atom. The minimum atomic E-state index is -0.0549. The molecule has 7 heteroatoms. The van der Waals surface area contributed by atoms with Gasteiger partial charge in [-0.25, -0.2) is 0 Å². The monoisotopic (exact) mass is 365 g/mol. The van der Waals surface area contributed by atoms with Crippen molar-refractivity contribution in [3.8, 4) is 0 Å². The summed E-state index contributed by atoms with van der Waals surface area (Å²) >= 11 is 0. The van der Waals surface area contributed by atoms with Gasteiger partial charge in [-0.15, -0.1) is 0 Å². The van der Waals surface area contributed by atoms with Gasteiger partial charge in [-0.1, -0.05) is 18.2 Å². The summed E-state index contributed by atoms with van der Waals surface area (Å²) in [5.74, 6) is 1.18. The molecule has 0 bridgehead atoms. The molecule has 7 nitrogen and oxygen atoms in total. The number of aromatic amines is 1. The summed E-state index contributed by atoms with van der Waals surface area (Å²) in [5.41, 5.74) is 2.25. The van der Waals surface area contributed by atoms with Crippen LogP contribution in [0.1, 0.15) is 16.2 Å². The van der Waals surface area contributed by atoms with Crippen LogP contribution in [0.4, 0.5) is 0 Å². The minimum Gasteiger partial charge on any atom is -0.459 e. The molecule has 3 aromatic rings. The number of nitrogens with zero attached hydrogens (tertiary/aromatic N) is 3. The molecule has 4 rings (SSSR count). The third-order valence-electron chi connectivity index (χ3n) is 4.83. The average Bonchev–Trinajstić information content (AvgIpc) is 3.38. The summed E-state index contributed by atoms with van der Waals surface area (Å²) in [6.45, 7) is 3.43. The first-order valence-corrected chi connectivity index (χ1v) is 9.09. The summed E-state index contributed by atoms with van der Waals surface area (Å²) in [6, 6.07) is 13.8. The minimum absolute atomic E-state index is 0.0549. The lowest BCUT2D eigenvalue weighted by molar-refractivity contribution is 0.0657. The van der Waals surface area contributed by atoms with Crippen molar-refractivity contribution in [1.29, 1.82) is 0 Å². The number of furan rings is 1. The Bertz CT molecular complexity index is 903. The molecule has 0 saturated carbocycles. The average molecular weight is 365 g/mol. The van der Waals surface area contributed by atoms with Gasteiger partial charge >= 0.3 is 0 Å². The van der Waals surface area contributed by atoms with Crippen molar-refractivity contribution in [1.82, 2.24) is 20.1 Å². The number of carbonyl (C=O) groups excluding carboxylic acids is 1. The highest BCUT2D eigenvalue weighted by molar-refractivity contribution is 5.91. The molecule has 3 heterocycles. The number of fused-ring (bicyclic) bond motifs is 1. The van der Waals surface area contributed by atoms with Gasteiger partial charge in [-0.2, -0.15) is 0 Å². The third-order valence-corrected chi connectivity index (χ3v) is 4.83. The summed E-state index contributed by atoms with van der Waals surface area (Å²) < 4.78 is 5.21. The normalized spacial score (nSPS) is 15.4. The van der Waals surface area contributed by atoms with Crippen LogP contribution in [0.25, 0.3) is 10.9 Å². The van der Waals surface area contributed by atoms with E-state index in [1.54, 1.807) is 19.2 Å². The number of para-hydroxylation sites is 1. The van der Waals surface area contributed by atoms with Crippen LogP contribution in [0.15, 0.2) is 58.1 Å². The summed E-state index contributed by atoms with van der Waals surface area (Å²) in [4.78, 5) is 24.2. The molecule has 0 aliphatic carbocycles. The zero-order chi connectivity index (χ0) is 18.6. The molecule has 1 aliphatic heterocycles. The zero-order valence-electron chi connectivity index (χ0n) is 15.3. The molecule has 0 atom stereocenters. The number of piperazine rings is 1. The summed E-state index contributed by atoms with van der Waals surface area (Å²) in [6.07, 6.45) is 1.53. The smallest absolute Gasteiger partial charge is 0.289 e. The summed E-state index contributed by atoms with van der Waals surface area (Å²) in [5, 5.41) is 4.61. The predicted molar refractivity (Wildman–Crippen MR) is 105 cm³/mol. The van der Waals surface area contributed by atoms with Crippen LogP contribution in [0.5, 0.6) is 0 Å². The van der Waals surface area contributed by atoms with Gasteiger partial charge in [0, 0.05) is 44.4 Å². The largest absolute Gasteiger partial charge is 0.459 e. The lowest BCUT2D eigenvalue weighted by atomic mass is 10.2. The Balaban J connectivity index is 1.33. The Hall–Kier alpha value is -3.22.